The van der Waals surface area contributed by atoms with Gasteiger partial charge in [-0.1, -0.05) is 0 Å². The highest BCUT2D eigenvalue weighted by Gasteiger charge is 2.20. The lowest BCUT2D eigenvalue weighted by Crippen LogP contribution is -2.38. The summed E-state index contributed by atoms with van der Waals surface area (Å²) in [4.78, 5) is 2.37. The third-order valence-electron chi connectivity index (χ3n) is 3.87. The second-order valence-electron chi connectivity index (χ2n) is 5.48. The van der Waals surface area contributed by atoms with Crippen LogP contribution < -0.4 is 4.72 Å². The first kappa shape index (κ1) is 14.3. The molecule has 1 saturated carbocycles. The summed E-state index contributed by atoms with van der Waals surface area (Å²) in [5, 5.41) is 0. The zero-order valence-corrected chi connectivity index (χ0v) is 11.9. The first-order chi connectivity index (χ1) is 8.66. The SMILES string of the molecule is O=S(=O)(CCCN1CCCC1)NC1CC[CH]CC1. The zero-order chi connectivity index (χ0) is 12.8. The second kappa shape index (κ2) is 6.87. The Morgan fingerprint density at radius 1 is 1.17 bits per heavy atom. The molecule has 0 bridgehead atoms. The number of hydrogen-bond acceptors (Lipinski definition) is 3. The van der Waals surface area contributed by atoms with Crippen LogP contribution in [-0.2, 0) is 10.0 Å². The van der Waals surface area contributed by atoms with E-state index in [0.717, 1.165) is 51.7 Å². The fourth-order valence-corrected chi connectivity index (χ4v) is 4.21. The van der Waals surface area contributed by atoms with Crippen molar-refractivity contribution in [3.05, 3.63) is 6.42 Å². The number of hydrogen-bond donors (Lipinski definition) is 1. The lowest BCUT2D eigenvalue weighted by molar-refractivity contribution is 0.339. The van der Waals surface area contributed by atoms with E-state index in [4.69, 9.17) is 0 Å². The monoisotopic (exact) mass is 273 g/mol. The van der Waals surface area contributed by atoms with Gasteiger partial charge in [-0.05, 0) is 71.0 Å². The molecule has 18 heavy (non-hydrogen) atoms. The minimum atomic E-state index is -3.06. The van der Waals surface area contributed by atoms with Gasteiger partial charge in [0.15, 0.2) is 0 Å². The van der Waals surface area contributed by atoms with Gasteiger partial charge in [0.05, 0.1) is 5.75 Å². The summed E-state index contributed by atoms with van der Waals surface area (Å²) in [5.41, 5.74) is 0. The predicted octanol–water partition coefficient (Wildman–Crippen LogP) is 1.54. The van der Waals surface area contributed by atoms with E-state index in [1.54, 1.807) is 0 Å². The highest BCUT2D eigenvalue weighted by Crippen LogP contribution is 2.17. The van der Waals surface area contributed by atoms with Crippen LogP contribution >= 0.6 is 0 Å². The molecule has 1 saturated heterocycles. The van der Waals surface area contributed by atoms with Crippen molar-refractivity contribution in [3.8, 4) is 0 Å². The standard InChI is InChI=1S/C13H25N2O2S/c16-18(17,14-13-7-2-1-3-8-13)12-6-11-15-9-4-5-10-15/h1,13-14H,2-12H2. The molecule has 2 fully saturated rings. The summed E-state index contributed by atoms with van der Waals surface area (Å²) in [6, 6.07) is 0.173. The largest absolute Gasteiger partial charge is 0.303 e. The van der Waals surface area contributed by atoms with Gasteiger partial charge in [-0.25, -0.2) is 13.1 Å². The Morgan fingerprint density at radius 2 is 1.83 bits per heavy atom. The predicted molar refractivity (Wildman–Crippen MR) is 73.8 cm³/mol. The lowest BCUT2D eigenvalue weighted by Gasteiger charge is -2.22. The molecule has 1 radical (unpaired) electrons. The summed E-state index contributed by atoms with van der Waals surface area (Å²) >= 11 is 0. The number of rotatable bonds is 6. The molecule has 1 aliphatic heterocycles. The smallest absolute Gasteiger partial charge is 0.211 e. The van der Waals surface area contributed by atoms with Gasteiger partial charge in [-0.15, -0.1) is 0 Å². The van der Waals surface area contributed by atoms with E-state index in [-0.39, 0.29) is 11.8 Å². The molecule has 1 heterocycles. The van der Waals surface area contributed by atoms with E-state index in [0.29, 0.717) is 0 Å². The van der Waals surface area contributed by atoms with E-state index < -0.39 is 10.0 Å². The molecule has 0 spiro atoms. The molecule has 2 rings (SSSR count). The van der Waals surface area contributed by atoms with Crippen LogP contribution in [-0.4, -0.2) is 44.7 Å². The quantitative estimate of drug-likeness (QED) is 0.798. The normalized spacial score (nSPS) is 23.6. The van der Waals surface area contributed by atoms with Crippen molar-refractivity contribution in [3.63, 3.8) is 0 Å². The van der Waals surface area contributed by atoms with Crippen LogP contribution in [0.25, 0.3) is 0 Å². The third-order valence-corrected chi connectivity index (χ3v) is 5.39. The first-order valence-corrected chi connectivity index (χ1v) is 8.85. The van der Waals surface area contributed by atoms with Crippen LogP contribution in [0, 0.1) is 6.42 Å². The van der Waals surface area contributed by atoms with Gasteiger partial charge in [0, 0.05) is 6.04 Å². The Morgan fingerprint density at radius 3 is 2.50 bits per heavy atom. The van der Waals surface area contributed by atoms with Crippen molar-refractivity contribution in [1.82, 2.24) is 9.62 Å². The molecule has 0 unspecified atom stereocenters. The average Bonchev–Trinajstić information content (AvgIpc) is 2.82. The summed E-state index contributed by atoms with van der Waals surface area (Å²) in [5.74, 6) is 0.281. The van der Waals surface area contributed by atoms with Crippen LogP contribution in [0.2, 0.25) is 0 Å². The molecule has 0 amide bonds. The highest BCUT2D eigenvalue weighted by atomic mass is 32.2. The van der Waals surface area contributed by atoms with Crippen LogP contribution in [0.5, 0.6) is 0 Å². The van der Waals surface area contributed by atoms with Gasteiger partial charge in [0.2, 0.25) is 10.0 Å². The molecular weight excluding hydrogens is 248 g/mol. The maximum Gasteiger partial charge on any atom is 0.211 e. The molecule has 5 heteroatoms. The summed E-state index contributed by atoms with van der Waals surface area (Å²) < 4.78 is 26.7. The van der Waals surface area contributed by atoms with Gasteiger partial charge < -0.3 is 4.90 Å². The van der Waals surface area contributed by atoms with Crippen LogP contribution in [0.3, 0.4) is 0 Å². The van der Waals surface area contributed by atoms with Gasteiger partial charge in [-0.2, -0.15) is 0 Å². The lowest BCUT2D eigenvalue weighted by atomic mass is 9.96. The maximum atomic E-state index is 11.9. The van der Waals surface area contributed by atoms with Gasteiger partial charge in [-0.3, -0.25) is 0 Å². The van der Waals surface area contributed by atoms with Crippen molar-refractivity contribution in [2.24, 2.45) is 0 Å². The number of nitrogens with one attached hydrogen (secondary N) is 1. The van der Waals surface area contributed by atoms with E-state index in [1.165, 1.54) is 12.8 Å². The van der Waals surface area contributed by atoms with Crippen molar-refractivity contribution >= 4 is 10.0 Å². The van der Waals surface area contributed by atoms with Crippen molar-refractivity contribution in [2.45, 2.75) is 51.0 Å². The zero-order valence-electron chi connectivity index (χ0n) is 11.1. The minimum absolute atomic E-state index is 0.173. The number of sulfonamides is 1. The molecule has 1 aliphatic carbocycles. The summed E-state index contributed by atoms with van der Waals surface area (Å²) in [6.45, 7) is 3.22. The molecule has 105 valence electrons. The van der Waals surface area contributed by atoms with E-state index in [2.05, 4.69) is 16.0 Å². The molecule has 0 aromatic rings. The molecule has 4 nitrogen and oxygen atoms in total. The Labute approximate surface area is 111 Å². The van der Waals surface area contributed by atoms with E-state index >= 15 is 0 Å². The van der Waals surface area contributed by atoms with Crippen LogP contribution in [0.1, 0.15) is 44.9 Å². The maximum absolute atomic E-state index is 11.9. The Balaban J connectivity index is 1.66. The van der Waals surface area contributed by atoms with Crippen LogP contribution in [0.15, 0.2) is 0 Å². The van der Waals surface area contributed by atoms with Crippen molar-refractivity contribution < 1.29 is 8.42 Å². The molecule has 0 atom stereocenters. The Hall–Kier alpha value is -0.130. The summed E-state index contributed by atoms with van der Waals surface area (Å²) in [7, 11) is -3.06. The third kappa shape index (κ3) is 4.86. The molecule has 1 N–H and O–H groups in total. The van der Waals surface area contributed by atoms with Gasteiger partial charge in [0.25, 0.3) is 0 Å². The highest BCUT2D eigenvalue weighted by molar-refractivity contribution is 7.89. The number of nitrogens with zero attached hydrogens (tertiary/aromatic N) is 1. The average molecular weight is 273 g/mol. The Kier molecular flexibility index (Phi) is 5.45. The van der Waals surface area contributed by atoms with E-state index in [1.807, 2.05) is 0 Å². The molecular formula is C13H25N2O2S. The van der Waals surface area contributed by atoms with Crippen molar-refractivity contribution in [1.29, 1.82) is 0 Å². The van der Waals surface area contributed by atoms with E-state index in [9.17, 15) is 8.42 Å². The second-order valence-corrected chi connectivity index (χ2v) is 7.35. The molecule has 2 aliphatic rings. The minimum Gasteiger partial charge on any atom is -0.303 e. The molecule has 0 aromatic carbocycles. The van der Waals surface area contributed by atoms with Gasteiger partial charge in [0.1, 0.15) is 0 Å². The van der Waals surface area contributed by atoms with Crippen molar-refractivity contribution in [2.75, 3.05) is 25.4 Å². The molecule has 0 aromatic heterocycles. The Bertz CT molecular complexity index is 331. The van der Waals surface area contributed by atoms with Gasteiger partial charge >= 0.3 is 0 Å². The fraction of sp³-hybridized carbons (Fsp3) is 0.923. The number of likely N-dealkylation sites (tertiary alicyclic amines) is 1. The first-order valence-electron chi connectivity index (χ1n) is 7.20. The van der Waals surface area contributed by atoms with Crippen LogP contribution in [0.4, 0.5) is 0 Å². The summed E-state index contributed by atoms with van der Waals surface area (Å²) in [6.07, 6.45) is 9.55. The topological polar surface area (TPSA) is 49.4 Å². The fourth-order valence-electron chi connectivity index (χ4n) is 2.84.